The Bertz CT molecular complexity index is 586. The smallest absolute Gasteiger partial charge is 0.193 e. The quantitative estimate of drug-likeness (QED) is 0.241. The van der Waals surface area contributed by atoms with Crippen LogP contribution >= 0.6 is 24.0 Å². The number of ether oxygens (including phenoxy) is 2. The number of nitrogens with one attached hydrogen (secondary N) is 1. The molecule has 2 unspecified atom stereocenters. The fraction of sp³-hybridized carbons (Fsp3) is 0.650. The molecule has 0 spiro atoms. The Hall–Kier alpha value is -0.970. The molecule has 0 bridgehead atoms. The first-order valence-corrected chi connectivity index (χ1v) is 9.49. The Labute approximate surface area is 185 Å². The topological polar surface area (TPSA) is 49.3 Å². The van der Waals surface area contributed by atoms with Gasteiger partial charge in [0, 0.05) is 39.7 Å². The van der Waals surface area contributed by atoms with Crippen molar-refractivity contribution in [3.63, 3.8) is 0 Å². The van der Waals surface area contributed by atoms with E-state index in [4.69, 9.17) is 9.47 Å². The van der Waals surface area contributed by atoms with Gasteiger partial charge in [-0.3, -0.25) is 4.99 Å². The summed E-state index contributed by atoms with van der Waals surface area (Å²) in [6.45, 7) is 4.65. The molecule has 1 aromatic carbocycles. The second-order valence-corrected chi connectivity index (χ2v) is 7.13. The first kappa shape index (κ1) is 25.1. The molecule has 0 aromatic heterocycles. The van der Waals surface area contributed by atoms with Crippen molar-refractivity contribution in [3.05, 3.63) is 35.6 Å². The van der Waals surface area contributed by atoms with Crippen molar-refractivity contribution in [1.82, 2.24) is 15.1 Å². The standard InChI is InChI=1S/C20H33FN4O2.HI/c1-22-20(25-10-9-16(14-25)15-27-12-11-26-4)23-13-19(24(2)3)17-5-7-18(21)8-6-17;/h5-8,16,19H,9-15H2,1-4H3,(H,22,23);1H. The number of nitrogens with zero attached hydrogens (tertiary/aromatic N) is 3. The number of likely N-dealkylation sites (N-methyl/N-ethyl adjacent to an activating group) is 1. The second-order valence-electron chi connectivity index (χ2n) is 7.13. The predicted octanol–water partition coefficient (Wildman–Crippen LogP) is 2.61. The Balaban J connectivity index is 0.00000392. The Morgan fingerprint density at radius 1 is 1.32 bits per heavy atom. The van der Waals surface area contributed by atoms with E-state index in [0.29, 0.717) is 25.7 Å². The van der Waals surface area contributed by atoms with Gasteiger partial charge in [0.1, 0.15) is 5.82 Å². The highest BCUT2D eigenvalue weighted by Gasteiger charge is 2.25. The highest BCUT2D eigenvalue weighted by molar-refractivity contribution is 14.0. The number of likely N-dealkylation sites (tertiary alicyclic amines) is 1. The van der Waals surface area contributed by atoms with Crippen LogP contribution in [0.15, 0.2) is 29.3 Å². The van der Waals surface area contributed by atoms with Crippen LogP contribution in [0.4, 0.5) is 4.39 Å². The number of rotatable bonds is 9. The summed E-state index contributed by atoms with van der Waals surface area (Å²) in [7, 11) is 7.56. The fourth-order valence-electron chi connectivity index (χ4n) is 3.36. The van der Waals surface area contributed by atoms with E-state index in [1.807, 2.05) is 33.3 Å². The highest BCUT2D eigenvalue weighted by Crippen LogP contribution is 2.19. The van der Waals surface area contributed by atoms with Crippen LogP contribution in [0.3, 0.4) is 0 Å². The first-order valence-electron chi connectivity index (χ1n) is 9.49. The van der Waals surface area contributed by atoms with Gasteiger partial charge in [-0.25, -0.2) is 4.39 Å². The van der Waals surface area contributed by atoms with Crippen molar-refractivity contribution < 1.29 is 13.9 Å². The molecule has 2 atom stereocenters. The lowest BCUT2D eigenvalue weighted by Crippen LogP contribution is -2.43. The zero-order valence-corrected chi connectivity index (χ0v) is 19.7. The largest absolute Gasteiger partial charge is 0.382 e. The molecule has 1 N–H and O–H groups in total. The summed E-state index contributed by atoms with van der Waals surface area (Å²) in [6.07, 6.45) is 1.10. The minimum Gasteiger partial charge on any atom is -0.382 e. The molecule has 1 aliphatic heterocycles. The Kier molecular flexibility index (Phi) is 11.9. The monoisotopic (exact) mass is 508 g/mol. The van der Waals surface area contributed by atoms with E-state index < -0.39 is 0 Å². The molecule has 6 nitrogen and oxygen atoms in total. The predicted molar refractivity (Wildman–Crippen MR) is 122 cm³/mol. The zero-order valence-electron chi connectivity index (χ0n) is 17.4. The van der Waals surface area contributed by atoms with E-state index in [1.54, 1.807) is 7.11 Å². The van der Waals surface area contributed by atoms with Gasteiger partial charge in [-0.15, -0.1) is 24.0 Å². The normalized spacial score (nSPS) is 18.3. The average molecular weight is 508 g/mol. The molecule has 8 heteroatoms. The van der Waals surface area contributed by atoms with Crippen LogP contribution in [-0.4, -0.2) is 83.5 Å². The van der Waals surface area contributed by atoms with Gasteiger partial charge < -0.3 is 24.6 Å². The maximum atomic E-state index is 13.2. The number of hydrogen-bond donors (Lipinski definition) is 1. The van der Waals surface area contributed by atoms with Gasteiger partial charge in [0.15, 0.2) is 5.96 Å². The molecule has 2 rings (SSSR count). The van der Waals surface area contributed by atoms with Gasteiger partial charge in [-0.1, -0.05) is 12.1 Å². The number of guanidine groups is 1. The maximum absolute atomic E-state index is 13.2. The summed E-state index contributed by atoms with van der Waals surface area (Å²) in [5, 5.41) is 3.48. The van der Waals surface area contributed by atoms with Crippen LogP contribution in [0.1, 0.15) is 18.0 Å². The summed E-state index contributed by atoms with van der Waals surface area (Å²) in [5.41, 5.74) is 1.08. The van der Waals surface area contributed by atoms with Gasteiger partial charge in [0.05, 0.1) is 25.9 Å². The van der Waals surface area contributed by atoms with Crippen molar-refractivity contribution in [2.24, 2.45) is 10.9 Å². The fourth-order valence-corrected chi connectivity index (χ4v) is 3.36. The summed E-state index contributed by atoms with van der Waals surface area (Å²) in [4.78, 5) is 8.85. The molecule has 0 amide bonds. The third-order valence-corrected chi connectivity index (χ3v) is 4.91. The minimum absolute atomic E-state index is 0. The second kappa shape index (κ2) is 13.3. The van der Waals surface area contributed by atoms with E-state index in [9.17, 15) is 4.39 Å². The van der Waals surface area contributed by atoms with Crippen LogP contribution in [-0.2, 0) is 9.47 Å². The molecule has 1 heterocycles. The van der Waals surface area contributed by atoms with E-state index in [1.165, 1.54) is 12.1 Å². The molecule has 0 saturated carbocycles. The lowest BCUT2D eigenvalue weighted by Gasteiger charge is -2.28. The third-order valence-electron chi connectivity index (χ3n) is 4.91. The number of halogens is 2. The number of methoxy groups -OCH3 is 1. The van der Waals surface area contributed by atoms with Crippen LogP contribution in [0.25, 0.3) is 0 Å². The molecule has 1 aromatic rings. The Morgan fingerprint density at radius 3 is 2.64 bits per heavy atom. The first-order chi connectivity index (χ1) is 13.0. The van der Waals surface area contributed by atoms with Gasteiger partial charge in [0.25, 0.3) is 0 Å². The van der Waals surface area contributed by atoms with Crippen molar-refractivity contribution in [2.45, 2.75) is 12.5 Å². The third kappa shape index (κ3) is 7.81. The summed E-state index contributed by atoms with van der Waals surface area (Å²) in [6, 6.07) is 6.84. The van der Waals surface area contributed by atoms with E-state index in [2.05, 4.69) is 20.1 Å². The van der Waals surface area contributed by atoms with E-state index in [0.717, 1.165) is 37.6 Å². The van der Waals surface area contributed by atoms with Gasteiger partial charge in [-0.05, 0) is 38.2 Å². The van der Waals surface area contributed by atoms with Gasteiger partial charge >= 0.3 is 0 Å². The summed E-state index contributed by atoms with van der Waals surface area (Å²) in [5.74, 6) is 1.21. The van der Waals surface area contributed by atoms with E-state index >= 15 is 0 Å². The van der Waals surface area contributed by atoms with Crippen molar-refractivity contribution >= 4 is 29.9 Å². The number of benzene rings is 1. The summed E-state index contributed by atoms with van der Waals surface area (Å²) < 4.78 is 23.9. The number of aliphatic imine (C=N–C) groups is 1. The summed E-state index contributed by atoms with van der Waals surface area (Å²) >= 11 is 0. The van der Waals surface area contributed by atoms with Crippen molar-refractivity contribution in [3.8, 4) is 0 Å². The molecule has 28 heavy (non-hydrogen) atoms. The van der Waals surface area contributed by atoms with Crippen LogP contribution in [0, 0.1) is 11.7 Å². The molecule has 1 fully saturated rings. The SMILES string of the molecule is CN=C(NCC(c1ccc(F)cc1)N(C)C)N1CCC(COCCOC)C1.I. The van der Waals surface area contributed by atoms with Gasteiger partial charge in [0.2, 0.25) is 0 Å². The molecular formula is C20H34FIN4O2. The lowest BCUT2D eigenvalue weighted by molar-refractivity contribution is 0.0536. The zero-order chi connectivity index (χ0) is 19.6. The minimum atomic E-state index is -0.212. The van der Waals surface area contributed by atoms with Crippen molar-refractivity contribution in [1.29, 1.82) is 0 Å². The average Bonchev–Trinajstić information content (AvgIpc) is 3.12. The molecule has 0 aliphatic carbocycles. The molecule has 1 aliphatic rings. The van der Waals surface area contributed by atoms with Crippen molar-refractivity contribution in [2.75, 3.05) is 67.7 Å². The molecular weight excluding hydrogens is 474 g/mol. The molecule has 1 saturated heterocycles. The van der Waals surface area contributed by atoms with Crippen LogP contribution in [0.2, 0.25) is 0 Å². The Morgan fingerprint density at radius 2 is 2.04 bits per heavy atom. The molecule has 160 valence electrons. The van der Waals surface area contributed by atoms with Gasteiger partial charge in [-0.2, -0.15) is 0 Å². The lowest BCUT2D eigenvalue weighted by atomic mass is 10.1. The molecule has 0 radical (unpaired) electrons. The maximum Gasteiger partial charge on any atom is 0.193 e. The highest BCUT2D eigenvalue weighted by atomic mass is 127. The van der Waals surface area contributed by atoms with E-state index in [-0.39, 0.29) is 35.8 Å². The van der Waals surface area contributed by atoms with Crippen LogP contribution < -0.4 is 5.32 Å². The van der Waals surface area contributed by atoms with Crippen LogP contribution in [0.5, 0.6) is 0 Å². The number of hydrogen-bond acceptors (Lipinski definition) is 4.